The van der Waals surface area contributed by atoms with Gasteiger partial charge in [-0.15, -0.1) is 0 Å². The number of hydrogen-bond donors (Lipinski definition) is 2. The molecule has 0 fully saturated rings. The Bertz CT molecular complexity index is 1530. The first-order chi connectivity index (χ1) is 15.8. The van der Waals surface area contributed by atoms with Gasteiger partial charge < -0.3 is 10.6 Å². The molecule has 166 valence electrons. The number of carbonyl (C=O) groups is 2. The van der Waals surface area contributed by atoms with Crippen molar-refractivity contribution in [2.75, 3.05) is 5.32 Å². The molecule has 3 heterocycles. The number of thiazole rings is 1. The number of amides is 2. The van der Waals surface area contributed by atoms with E-state index in [-0.39, 0.29) is 33.2 Å². The first-order valence-corrected chi connectivity index (χ1v) is 11.9. The van der Waals surface area contributed by atoms with Gasteiger partial charge >= 0.3 is 0 Å². The van der Waals surface area contributed by atoms with E-state index in [1.165, 1.54) is 52.5 Å². The van der Waals surface area contributed by atoms with Crippen LogP contribution in [0.15, 0.2) is 70.8 Å². The number of nitrogens with zero attached hydrogens (tertiary/aromatic N) is 3. The van der Waals surface area contributed by atoms with Gasteiger partial charge in [0.05, 0.1) is 40.0 Å². The van der Waals surface area contributed by atoms with Crippen LogP contribution in [0.4, 0.5) is 10.1 Å². The maximum atomic E-state index is 13.1. The molecule has 4 aromatic rings. The van der Waals surface area contributed by atoms with E-state index < -0.39 is 27.5 Å². The second kappa shape index (κ2) is 7.90. The molecule has 1 aliphatic rings. The highest BCUT2D eigenvalue weighted by Crippen LogP contribution is 2.34. The topological polar surface area (TPSA) is 123 Å². The smallest absolute Gasteiger partial charge is 0.257 e. The fourth-order valence-electron chi connectivity index (χ4n) is 3.36. The highest BCUT2D eigenvalue weighted by Gasteiger charge is 2.31. The summed E-state index contributed by atoms with van der Waals surface area (Å²) in [5, 5.41) is 9.59. The predicted molar refractivity (Wildman–Crippen MR) is 117 cm³/mol. The molecule has 12 heteroatoms. The minimum absolute atomic E-state index is 0.0321. The maximum Gasteiger partial charge on any atom is 0.257 e. The molecule has 0 bridgehead atoms. The quantitative estimate of drug-likeness (QED) is 0.460. The van der Waals surface area contributed by atoms with Gasteiger partial charge in [0.1, 0.15) is 0 Å². The third-order valence-corrected chi connectivity index (χ3v) is 7.77. The molecule has 2 aromatic heterocycles. The summed E-state index contributed by atoms with van der Waals surface area (Å²) in [4.78, 5) is 29.9. The third kappa shape index (κ3) is 3.79. The molecule has 0 spiro atoms. The molecule has 2 amide bonds. The van der Waals surface area contributed by atoms with Crippen molar-refractivity contribution in [1.29, 1.82) is 0 Å². The highest BCUT2D eigenvalue weighted by atomic mass is 32.2. The maximum absolute atomic E-state index is 13.1. The van der Waals surface area contributed by atoms with E-state index in [1.807, 2.05) is 0 Å². The van der Waals surface area contributed by atoms with Gasteiger partial charge in [0.25, 0.3) is 11.8 Å². The second-order valence-electron chi connectivity index (χ2n) is 7.06. The Morgan fingerprint density at radius 1 is 1.15 bits per heavy atom. The van der Waals surface area contributed by atoms with Crippen molar-refractivity contribution >= 4 is 38.7 Å². The van der Waals surface area contributed by atoms with Crippen LogP contribution in [0.25, 0.3) is 5.13 Å². The van der Waals surface area contributed by atoms with Crippen molar-refractivity contribution in [2.24, 2.45) is 0 Å². The number of hydrogen-bond acceptors (Lipinski definition) is 7. The van der Waals surface area contributed by atoms with Crippen molar-refractivity contribution in [3.63, 3.8) is 0 Å². The standard InChI is InChI=1S/C21H14FN5O4S2/c22-13-8-25-27(11-13)21-24-10-14(32-21)9-23-19(28)12-5-6-18-16(7-12)26-20(29)15-3-1-2-4-17(15)33(18,30)31/h1-8,10-11H,9H2,(H,23,28)(H,26,29). The van der Waals surface area contributed by atoms with Crippen molar-refractivity contribution in [2.45, 2.75) is 16.3 Å². The van der Waals surface area contributed by atoms with Crippen LogP contribution in [0.5, 0.6) is 0 Å². The number of sulfone groups is 1. The number of anilines is 1. The Hall–Kier alpha value is -3.90. The minimum Gasteiger partial charge on any atom is -0.347 e. The molecule has 0 radical (unpaired) electrons. The summed E-state index contributed by atoms with van der Waals surface area (Å²) in [6.45, 7) is 0.146. The summed E-state index contributed by atoms with van der Waals surface area (Å²) in [5.41, 5.74) is 0.247. The molecule has 0 unspecified atom stereocenters. The van der Waals surface area contributed by atoms with Gasteiger partial charge in [0.2, 0.25) is 15.0 Å². The summed E-state index contributed by atoms with van der Waals surface area (Å²) in [6.07, 6.45) is 3.80. The SMILES string of the molecule is O=C(NCc1cnc(-n2cc(F)cn2)s1)c1ccc2c(c1)NC(=O)c1ccccc1S2(=O)=O. The van der Waals surface area contributed by atoms with Crippen molar-refractivity contribution < 1.29 is 22.4 Å². The number of rotatable bonds is 4. The van der Waals surface area contributed by atoms with E-state index in [0.717, 1.165) is 6.20 Å². The van der Waals surface area contributed by atoms with Gasteiger partial charge in [0.15, 0.2) is 5.82 Å². The van der Waals surface area contributed by atoms with Gasteiger partial charge in [-0.05, 0) is 30.3 Å². The molecule has 2 N–H and O–H groups in total. The van der Waals surface area contributed by atoms with E-state index >= 15 is 0 Å². The van der Waals surface area contributed by atoms with E-state index in [1.54, 1.807) is 18.3 Å². The summed E-state index contributed by atoms with van der Waals surface area (Å²) in [7, 11) is -3.95. The molecule has 5 rings (SSSR count). The number of nitrogens with one attached hydrogen (secondary N) is 2. The fourth-order valence-corrected chi connectivity index (χ4v) is 5.73. The summed E-state index contributed by atoms with van der Waals surface area (Å²) in [5.74, 6) is -1.52. The Labute approximate surface area is 190 Å². The molecule has 0 aliphatic carbocycles. The zero-order valence-electron chi connectivity index (χ0n) is 16.6. The number of carbonyl (C=O) groups excluding carboxylic acids is 2. The van der Waals surface area contributed by atoms with Crippen molar-refractivity contribution in [3.05, 3.63) is 82.9 Å². The summed E-state index contributed by atoms with van der Waals surface area (Å²) in [6, 6.07) is 9.95. The van der Waals surface area contributed by atoms with Crippen molar-refractivity contribution in [3.8, 4) is 5.13 Å². The van der Waals surface area contributed by atoms with Crippen molar-refractivity contribution in [1.82, 2.24) is 20.1 Å². The monoisotopic (exact) mass is 483 g/mol. The Morgan fingerprint density at radius 3 is 2.76 bits per heavy atom. The zero-order chi connectivity index (χ0) is 23.2. The average Bonchev–Trinajstić information content (AvgIpc) is 3.44. The van der Waals surface area contributed by atoms with Crippen LogP contribution in [-0.4, -0.2) is 35.0 Å². The number of halogens is 1. The highest BCUT2D eigenvalue weighted by molar-refractivity contribution is 7.91. The van der Waals surface area contributed by atoms with Crippen LogP contribution in [-0.2, 0) is 16.4 Å². The first-order valence-electron chi connectivity index (χ1n) is 9.56. The van der Waals surface area contributed by atoms with Crippen LogP contribution in [0.3, 0.4) is 0 Å². The normalized spacial score (nSPS) is 14.0. The van der Waals surface area contributed by atoms with E-state index in [0.29, 0.717) is 10.0 Å². The largest absolute Gasteiger partial charge is 0.347 e. The Balaban J connectivity index is 1.36. The average molecular weight is 484 g/mol. The molecular formula is C21H14FN5O4S2. The predicted octanol–water partition coefficient (Wildman–Crippen LogP) is 2.80. The number of aromatic nitrogens is 3. The fraction of sp³-hybridized carbons (Fsp3) is 0.0476. The molecule has 33 heavy (non-hydrogen) atoms. The van der Waals surface area contributed by atoms with E-state index in [4.69, 9.17) is 0 Å². The molecular weight excluding hydrogens is 469 g/mol. The molecule has 0 saturated carbocycles. The minimum atomic E-state index is -3.95. The van der Waals surface area contributed by atoms with Crippen LogP contribution < -0.4 is 10.6 Å². The van der Waals surface area contributed by atoms with Gasteiger partial charge in [-0.1, -0.05) is 23.5 Å². The van der Waals surface area contributed by atoms with Gasteiger partial charge in [-0.3, -0.25) is 9.59 Å². The van der Waals surface area contributed by atoms with E-state index in [2.05, 4.69) is 20.7 Å². The number of fused-ring (bicyclic) bond motifs is 2. The molecule has 1 aliphatic heterocycles. The van der Waals surface area contributed by atoms with Gasteiger partial charge in [-0.2, -0.15) is 5.10 Å². The lowest BCUT2D eigenvalue weighted by Crippen LogP contribution is -2.22. The molecule has 2 aromatic carbocycles. The van der Waals surface area contributed by atoms with Gasteiger partial charge in [-0.25, -0.2) is 22.5 Å². The summed E-state index contributed by atoms with van der Waals surface area (Å²) < 4.78 is 40.5. The molecule has 0 saturated heterocycles. The van der Waals surface area contributed by atoms with E-state index in [9.17, 15) is 22.4 Å². The lowest BCUT2D eigenvalue weighted by Gasteiger charge is -2.10. The van der Waals surface area contributed by atoms with Crippen LogP contribution in [0.1, 0.15) is 25.6 Å². The van der Waals surface area contributed by atoms with Crippen LogP contribution in [0, 0.1) is 5.82 Å². The lowest BCUT2D eigenvalue weighted by atomic mass is 10.1. The third-order valence-electron chi connectivity index (χ3n) is 4.91. The molecule has 0 atom stereocenters. The molecule has 9 nitrogen and oxygen atoms in total. The van der Waals surface area contributed by atoms with Gasteiger partial charge in [0, 0.05) is 16.6 Å². The second-order valence-corrected chi connectivity index (χ2v) is 10.0. The first kappa shape index (κ1) is 21.0. The lowest BCUT2D eigenvalue weighted by molar-refractivity contribution is 0.0949. The Kier molecular flexibility index (Phi) is 5.02. The Morgan fingerprint density at radius 2 is 1.97 bits per heavy atom. The number of benzene rings is 2. The van der Waals surface area contributed by atoms with Crippen LogP contribution >= 0.6 is 11.3 Å². The van der Waals surface area contributed by atoms with Crippen LogP contribution in [0.2, 0.25) is 0 Å². The summed E-state index contributed by atoms with van der Waals surface area (Å²) >= 11 is 1.23. The zero-order valence-corrected chi connectivity index (χ0v) is 18.3.